The lowest BCUT2D eigenvalue weighted by Gasteiger charge is -2.31. The number of nitro benzene ring substituents is 1. The van der Waals surface area contributed by atoms with Gasteiger partial charge in [0.25, 0.3) is 11.6 Å². The van der Waals surface area contributed by atoms with Gasteiger partial charge in [0, 0.05) is 46.9 Å². The average molecular weight is 588 g/mol. The van der Waals surface area contributed by atoms with Crippen molar-refractivity contribution in [2.75, 3.05) is 18.0 Å². The van der Waals surface area contributed by atoms with Crippen LogP contribution in [-0.2, 0) is 17.8 Å². The second-order valence-electron chi connectivity index (χ2n) is 9.38. The van der Waals surface area contributed by atoms with Crippen molar-refractivity contribution >= 4 is 46.5 Å². The lowest BCUT2D eigenvalue weighted by molar-refractivity contribution is -0.385. The summed E-state index contributed by atoms with van der Waals surface area (Å²) in [7, 11) is 0. The summed E-state index contributed by atoms with van der Waals surface area (Å²) in [4.78, 5) is 38.0. The molecule has 1 aliphatic rings. The summed E-state index contributed by atoms with van der Waals surface area (Å²) >= 11 is 12.3. The molecule has 210 valence electrons. The topological polar surface area (TPSA) is 142 Å². The van der Waals surface area contributed by atoms with Crippen molar-refractivity contribution < 1.29 is 29.5 Å². The van der Waals surface area contributed by atoms with E-state index < -0.39 is 34.6 Å². The van der Waals surface area contributed by atoms with Gasteiger partial charge < -0.3 is 25.2 Å². The molecule has 40 heavy (non-hydrogen) atoms. The van der Waals surface area contributed by atoms with Gasteiger partial charge in [0.15, 0.2) is 0 Å². The first-order chi connectivity index (χ1) is 19.1. The van der Waals surface area contributed by atoms with E-state index in [0.717, 1.165) is 0 Å². The molecule has 10 nitrogen and oxygen atoms in total. The molecule has 0 spiro atoms. The normalized spacial score (nSPS) is 14.4. The van der Waals surface area contributed by atoms with E-state index in [1.165, 1.54) is 12.1 Å². The predicted molar refractivity (Wildman–Crippen MR) is 150 cm³/mol. The van der Waals surface area contributed by atoms with Gasteiger partial charge in [-0.05, 0) is 54.8 Å². The minimum absolute atomic E-state index is 0.0603. The fourth-order valence-electron chi connectivity index (χ4n) is 4.41. The lowest BCUT2D eigenvalue weighted by Crippen LogP contribution is -2.42. The van der Waals surface area contributed by atoms with E-state index in [1.54, 1.807) is 48.5 Å². The highest BCUT2D eigenvalue weighted by Gasteiger charge is 2.28. The van der Waals surface area contributed by atoms with E-state index in [2.05, 4.69) is 5.32 Å². The Bertz CT molecular complexity index is 1370. The third-order valence-electron chi connectivity index (χ3n) is 6.66. The Morgan fingerprint density at radius 3 is 2.33 bits per heavy atom. The Morgan fingerprint density at radius 1 is 1.07 bits per heavy atom. The highest BCUT2D eigenvalue weighted by atomic mass is 35.5. The summed E-state index contributed by atoms with van der Waals surface area (Å²) in [6.45, 7) is 1.20. The number of benzene rings is 3. The monoisotopic (exact) mass is 587 g/mol. The second-order valence-corrected chi connectivity index (χ2v) is 10.2. The molecule has 1 unspecified atom stereocenters. The van der Waals surface area contributed by atoms with Crippen molar-refractivity contribution in [3.63, 3.8) is 0 Å². The van der Waals surface area contributed by atoms with Gasteiger partial charge in [-0.2, -0.15) is 0 Å². The van der Waals surface area contributed by atoms with Crippen LogP contribution in [0.2, 0.25) is 10.0 Å². The number of hydrogen-bond acceptors (Lipinski definition) is 7. The van der Waals surface area contributed by atoms with Crippen LogP contribution in [0.15, 0.2) is 60.7 Å². The number of nitrogens with zero attached hydrogens (tertiary/aromatic N) is 2. The van der Waals surface area contributed by atoms with Crippen molar-refractivity contribution in [2.24, 2.45) is 0 Å². The number of aliphatic carboxylic acids is 1. The van der Waals surface area contributed by atoms with Gasteiger partial charge in [-0.3, -0.25) is 14.9 Å². The van der Waals surface area contributed by atoms with Crippen molar-refractivity contribution in [1.29, 1.82) is 0 Å². The molecule has 12 heteroatoms. The third kappa shape index (κ3) is 7.20. The molecule has 1 aliphatic heterocycles. The van der Waals surface area contributed by atoms with Crippen molar-refractivity contribution in [3.05, 3.63) is 97.5 Å². The number of carboxylic acid groups (broad SMARTS) is 1. The summed E-state index contributed by atoms with van der Waals surface area (Å²) < 4.78 is 5.75. The summed E-state index contributed by atoms with van der Waals surface area (Å²) in [6.07, 6.45) is 0.610. The predicted octanol–water partition coefficient (Wildman–Crippen LogP) is 4.87. The van der Waals surface area contributed by atoms with Crippen LogP contribution < -0.4 is 15.0 Å². The highest BCUT2D eigenvalue weighted by Crippen LogP contribution is 2.28. The molecule has 0 aliphatic carbocycles. The van der Waals surface area contributed by atoms with Crippen LogP contribution in [0, 0.1) is 10.1 Å². The number of piperidine rings is 1. The van der Waals surface area contributed by atoms with Gasteiger partial charge in [0.2, 0.25) is 0 Å². The van der Waals surface area contributed by atoms with E-state index in [9.17, 15) is 29.9 Å². The maximum Gasteiger partial charge on any atom is 0.326 e. The van der Waals surface area contributed by atoms with E-state index in [-0.39, 0.29) is 18.6 Å². The van der Waals surface area contributed by atoms with Crippen LogP contribution in [-0.4, -0.2) is 52.2 Å². The van der Waals surface area contributed by atoms with Crippen molar-refractivity contribution in [3.8, 4) is 5.75 Å². The van der Waals surface area contributed by atoms with E-state index in [1.807, 2.05) is 4.90 Å². The van der Waals surface area contributed by atoms with E-state index in [4.69, 9.17) is 27.9 Å². The number of hydrogen-bond donors (Lipinski definition) is 3. The fourth-order valence-corrected chi connectivity index (χ4v) is 4.91. The quantitative estimate of drug-likeness (QED) is 0.225. The van der Waals surface area contributed by atoms with Crippen LogP contribution in [0.3, 0.4) is 0 Å². The SMILES string of the molecule is O=C(NC(Cc1ccc(OCc2c(Cl)cccc2Cl)cc1)C(=O)O)c1cc(N2CCC(O)CC2)ccc1[N+](=O)[O-]. The summed E-state index contributed by atoms with van der Waals surface area (Å²) in [5.74, 6) is -1.64. The molecular weight excluding hydrogens is 561 g/mol. The molecule has 1 heterocycles. The van der Waals surface area contributed by atoms with Gasteiger partial charge in [-0.25, -0.2) is 4.79 Å². The zero-order valence-corrected chi connectivity index (χ0v) is 22.8. The average Bonchev–Trinajstić information content (AvgIpc) is 2.93. The number of aliphatic hydroxyl groups is 1. The van der Waals surface area contributed by atoms with Crippen LogP contribution in [0.1, 0.15) is 34.3 Å². The van der Waals surface area contributed by atoms with E-state index in [0.29, 0.717) is 58.5 Å². The number of anilines is 1. The number of halogens is 2. The molecule has 1 fully saturated rings. The first kappa shape index (κ1) is 29.1. The molecule has 0 radical (unpaired) electrons. The van der Waals surface area contributed by atoms with E-state index >= 15 is 0 Å². The van der Waals surface area contributed by atoms with Crippen LogP contribution in [0.4, 0.5) is 11.4 Å². The number of aliphatic hydroxyl groups excluding tert-OH is 1. The first-order valence-electron chi connectivity index (χ1n) is 12.5. The van der Waals surface area contributed by atoms with Crippen LogP contribution in [0.5, 0.6) is 5.75 Å². The molecule has 1 saturated heterocycles. The van der Waals surface area contributed by atoms with Crippen molar-refractivity contribution in [2.45, 2.75) is 38.0 Å². The van der Waals surface area contributed by atoms with Gasteiger partial charge in [0.05, 0.1) is 11.0 Å². The molecule has 0 aromatic heterocycles. The Hall–Kier alpha value is -3.86. The molecule has 3 aromatic rings. The zero-order valence-electron chi connectivity index (χ0n) is 21.3. The van der Waals surface area contributed by atoms with Crippen LogP contribution >= 0.6 is 23.2 Å². The molecule has 3 aromatic carbocycles. The number of rotatable bonds is 10. The van der Waals surface area contributed by atoms with Gasteiger partial charge in [0.1, 0.15) is 24.0 Å². The largest absolute Gasteiger partial charge is 0.489 e. The Morgan fingerprint density at radius 2 is 1.73 bits per heavy atom. The van der Waals surface area contributed by atoms with Crippen LogP contribution in [0.25, 0.3) is 0 Å². The van der Waals surface area contributed by atoms with Crippen molar-refractivity contribution in [1.82, 2.24) is 5.32 Å². The number of nitrogens with one attached hydrogen (secondary N) is 1. The number of amides is 1. The number of carbonyl (C=O) groups excluding carboxylic acids is 1. The summed E-state index contributed by atoms with van der Waals surface area (Å²) in [5.41, 5.74) is 1.16. The van der Waals surface area contributed by atoms with Gasteiger partial charge in [-0.15, -0.1) is 0 Å². The minimum Gasteiger partial charge on any atom is -0.489 e. The smallest absolute Gasteiger partial charge is 0.326 e. The molecule has 0 saturated carbocycles. The number of carboxylic acids is 1. The summed E-state index contributed by atoms with van der Waals surface area (Å²) in [6, 6.07) is 14.6. The molecular formula is C28H27Cl2N3O7. The van der Waals surface area contributed by atoms with Gasteiger partial charge >= 0.3 is 5.97 Å². The first-order valence-corrected chi connectivity index (χ1v) is 13.3. The highest BCUT2D eigenvalue weighted by molar-refractivity contribution is 6.35. The number of nitro groups is 1. The Labute approximate surface area is 240 Å². The number of carbonyl (C=O) groups is 2. The summed E-state index contributed by atoms with van der Waals surface area (Å²) in [5, 5.41) is 34.5. The zero-order chi connectivity index (χ0) is 28.8. The number of ether oxygens (including phenoxy) is 1. The van der Waals surface area contributed by atoms with Gasteiger partial charge in [-0.1, -0.05) is 41.4 Å². The maximum absolute atomic E-state index is 13.1. The molecule has 4 rings (SSSR count). The lowest BCUT2D eigenvalue weighted by atomic mass is 10.0. The molecule has 0 bridgehead atoms. The minimum atomic E-state index is -1.34. The Balaban J connectivity index is 1.45. The molecule has 3 N–H and O–H groups in total. The maximum atomic E-state index is 13.1. The molecule has 1 atom stereocenters. The second kappa shape index (κ2) is 13.0. The standard InChI is InChI=1S/C28H27Cl2N3O7/c29-23-2-1-3-24(30)22(23)16-40-20-7-4-17(5-8-20)14-25(28(36)37)31-27(35)21-15-18(6-9-26(21)33(38)39)32-12-10-19(34)11-13-32/h1-9,15,19,25,34H,10-14,16H2,(H,31,35)(H,36,37). The fraction of sp³-hybridized carbons (Fsp3) is 0.286. The third-order valence-corrected chi connectivity index (χ3v) is 7.37. The Kier molecular flexibility index (Phi) is 9.46. The molecule has 1 amide bonds.